The van der Waals surface area contributed by atoms with Gasteiger partial charge in [0.05, 0.1) is 32.8 Å². The Balaban J connectivity index is 2.22. The summed E-state index contributed by atoms with van der Waals surface area (Å²) in [5, 5.41) is 0. The fraction of sp³-hybridized carbons (Fsp3) is 0.647. The van der Waals surface area contributed by atoms with E-state index in [0.29, 0.717) is 0 Å². The summed E-state index contributed by atoms with van der Waals surface area (Å²) in [6.07, 6.45) is 2.40. The number of hydrogen-bond donors (Lipinski definition) is 0. The molecular formula is C17H30NO+. The molecule has 0 aliphatic heterocycles. The fourth-order valence-corrected chi connectivity index (χ4v) is 2.52. The minimum atomic E-state index is 0.834. The Kier molecular flexibility index (Phi) is 6.93. The van der Waals surface area contributed by atoms with Gasteiger partial charge in [-0.05, 0) is 52.7 Å². The maximum absolute atomic E-state index is 5.77. The summed E-state index contributed by atoms with van der Waals surface area (Å²) in [6.45, 7) is 14.8. The zero-order valence-electron chi connectivity index (χ0n) is 13.1. The first kappa shape index (κ1) is 16.0. The van der Waals surface area contributed by atoms with Crippen LogP contribution >= 0.6 is 0 Å². The van der Waals surface area contributed by atoms with Crippen molar-refractivity contribution in [1.29, 1.82) is 0 Å². The number of aryl methyl sites for hydroxylation is 1. The highest BCUT2D eigenvalue weighted by molar-refractivity contribution is 5.26. The number of nitrogens with zero attached hydrogens (tertiary/aromatic N) is 1. The van der Waals surface area contributed by atoms with E-state index >= 15 is 0 Å². The number of ether oxygens (including phenoxy) is 1. The molecule has 0 aliphatic carbocycles. The molecule has 0 saturated carbocycles. The Bertz CT molecular complexity index is 333. The van der Waals surface area contributed by atoms with Crippen molar-refractivity contribution in [2.24, 2.45) is 0 Å². The van der Waals surface area contributed by atoms with Crippen molar-refractivity contribution in [3.63, 3.8) is 0 Å². The average molecular weight is 264 g/mol. The van der Waals surface area contributed by atoms with Gasteiger partial charge in [0, 0.05) is 0 Å². The molecule has 0 radical (unpaired) electrons. The van der Waals surface area contributed by atoms with Crippen LogP contribution in [0.2, 0.25) is 0 Å². The van der Waals surface area contributed by atoms with E-state index in [1.807, 2.05) is 0 Å². The van der Waals surface area contributed by atoms with E-state index in [4.69, 9.17) is 4.74 Å². The van der Waals surface area contributed by atoms with Gasteiger partial charge in [0.1, 0.15) is 5.75 Å². The van der Waals surface area contributed by atoms with Crippen molar-refractivity contribution in [2.45, 2.75) is 40.5 Å². The molecule has 108 valence electrons. The molecule has 0 N–H and O–H groups in total. The lowest BCUT2D eigenvalue weighted by molar-refractivity contribution is -0.923. The van der Waals surface area contributed by atoms with E-state index in [1.165, 1.54) is 42.6 Å². The highest BCUT2D eigenvalue weighted by atomic mass is 16.5. The molecule has 0 heterocycles. The van der Waals surface area contributed by atoms with Crippen molar-refractivity contribution >= 4 is 0 Å². The van der Waals surface area contributed by atoms with E-state index in [1.54, 1.807) is 0 Å². The van der Waals surface area contributed by atoms with Gasteiger partial charge < -0.3 is 9.22 Å². The lowest BCUT2D eigenvalue weighted by Gasteiger charge is -2.35. The highest BCUT2D eigenvalue weighted by Gasteiger charge is 2.19. The summed E-state index contributed by atoms with van der Waals surface area (Å²) in [5.41, 5.74) is 1.28. The van der Waals surface area contributed by atoms with Gasteiger partial charge in [-0.25, -0.2) is 0 Å². The van der Waals surface area contributed by atoms with Crippen LogP contribution in [-0.2, 0) is 0 Å². The van der Waals surface area contributed by atoms with Crippen molar-refractivity contribution in [3.8, 4) is 5.75 Å². The second kappa shape index (κ2) is 8.21. The molecule has 0 amide bonds. The van der Waals surface area contributed by atoms with Crippen LogP contribution in [0.25, 0.3) is 0 Å². The van der Waals surface area contributed by atoms with Gasteiger partial charge in [-0.1, -0.05) is 17.7 Å². The minimum absolute atomic E-state index is 0.834. The first-order valence-electron chi connectivity index (χ1n) is 7.70. The van der Waals surface area contributed by atoms with Crippen LogP contribution in [0.3, 0.4) is 0 Å². The lowest BCUT2D eigenvalue weighted by atomic mass is 10.2. The summed E-state index contributed by atoms with van der Waals surface area (Å²) in [7, 11) is 0. The maximum Gasteiger partial charge on any atom is 0.119 e. The molecule has 0 saturated heterocycles. The third-order valence-electron chi connectivity index (χ3n) is 4.33. The molecule has 19 heavy (non-hydrogen) atoms. The van der Waals surface area contributed by atoms with Gasteiger partial charge >= 0.3 is 0 Å². The first-order valence-corrected chi connectivity index (χ1v) is 7.70. The summed E-state index contributed by atoms with van der Waals surface area (Å²) in [6, 6.07) is 8.31. The maximum atomic E-state index is 5.77. The molecule has 0 aliphatic rings. The molecule has 1 aromatic carbocycles. The smallest absolute Gasteiger partial charge is 0.119 e. The van der Waals surface area contributed by atoms with Crippen molar-refractivity contribution in [2.75, 3.05) is 32.8 Å². The third-order valence-corrected chi connectivity index (χ3v) is 4.33. The van der Waals surface area contributed by atoms with E-state index in [9.17, 15) is 0 Å². The van der Waals surface area contributed by atoms with Crippen LogP contribution in [0.1, 0.15) is 39.2 Å². The lowest BCUT2D eigenvalue weighted by Crippen LogP contribution is -2.48. The zero-order valence-corrected chi connectivity index (χ0v) is 13.1. The molecule has 2 heteroatoms. The standard InChI is InChI=1S/C17H30NO/c1-5-18(6-2,7-3)14-8-9-15-19-17-12-10-16(4)11-13-17/h10-13H,5-9,14-15H2,1-4H3/q+1. The fourth-order valence-electron chi connectivity index (χ4n) is 2.52. The van der Waals surface area contributed by atoms with Crippen LogP contribution in [0.5, 0.6) is 5.75 Å². The van der Waals surface area contributed by atoms with Gasteiger partial charge in [0.15, 0.2) is 0 Å². The Morgan fingerprint density at radius 3 is 2.00 bits per heavy atom. The second-order valence-corrected chi connectivity index (χ2v) is 5.38. The zero-order chi connectivity index (χ0) is 14.1. The Morgan fingerprint density at radius 1 is 0.895 bits per heavy atom. The monoisotopic (exact) mass is 264 g/mol. The number of rotatable bonds is 9. The molecule has 0 unspecified atom stereocenters. The van der Waals surface area contributed by atoms with Crippen molar-refractivity contribution in [3.05, 3.63) is 29.8 Å². The predicted molar refractivity (Wildman–Crippen MR) is 82.7 cm³/mol. The SMILES string of the molecule is CC[N+](CC)(CC)CCCCOc1ccc(C)cc1. The van der Waals surface area contributed by atoms with E-state index in [0.717, 1.165) is 18.8 Å². The summed E-state index contributed by atoms with van der Waals surface area (Å²) >= 11 is 0. The highest BCUT2D eigenvalue weighted by Crippen LogP contribution is 2.13. The van der Waals surface area contributed by atoms with Gasteiger partial charge in [-0.3, -0.25) is 0 Å². The molecule has 1 aromatic rings. The normalized spacial score (nSPS) is 11.6. The Hall–Kier alpha value is -1.02. The van der Waals surface area contributed by atoms with Gasteiger partial charge in [-0.15, -0.1) is 0 Å². The van der Waals surface area contributed by atoms with Crippen molar-refractivity contribution < 1.29 is 9.22 Å². The van der Waals surface area contributed by atoms with Crippen LogP contribution in [0.15, 0.2) is 24.3 Å². The number of benzene rings is 1. The quantitative estimate of drug-likeness (QED) is 0.483. The van der Waals surface area contributed by atoms with Crippen LogP contribution in [-0.4, -0.2) is 37.3 Å². The molecule has 1 rings (SSSR count). The molecule has 0 fully saturated rings. The van der Waals surface area contributed by atoms with Crippen LogP contribution < -0.4 is 4.74 Å². The number of quaternary nitrogens is 1. The van der Waals surface area contributed by atoms with Crippen molar-refractivity contribution in [1.82, 2.24) is 0 Å². The van der Waals surface area contributed by atoms with Gasteiger partial charge in [-0.2, -0.15) is 0 Å². The Labute approximate surface area is 119 Å². The predicted octanol–water partition coefficient (Wildman–Crippen LogP) is 4.03. The molecule has 2 nitrogen and oxygen atoms in total. The molecule has 0 spiro atoms. The molecule has 0 bridgehead atoms. The molecular weight excluding hydrogens is 234 g/mol. The summed E-state index contributed by atoms with van der Waals surface area (Å²) in [4.78, 5) is 0. The molecule has 0 atom stereocenters. The van der Waals surface area contributed by atoms with Gasteiger partial charge in [0.25, 0.3) is 0 Å². The topological polar surface area (TPSA) is 9.23 Å². The third kappa shape index (κ3) is 5.23. The first-order chi connectivity index (χ1) is 9.15. The van der Waals surface area contributed by atoms with Crippen LogP contribution in [0, 0.1) is 6.92 Å². The van der Waals surface area contributed by atoms with E-state index < -0.39 is 0 Å². The van der Waals surface area contributed by atoms with E-state index in [2.05, 4.69) is 52.0 Å². The molecule has 0 aromatic heterocycles. The largest absolute Gasteiger partial charge is 0.494 e. The summed E-state index contributed by atoms with van der Waals surface area (Å²) < 4.78 is 7.01. The van der Waals surface area contributed by atoms with Gasteiger partial charge in [0.2, 0.25) is 0 Å². The minimum Gasteiger partial charge on any atom is -0.494 e. The number of unbranched alkanes of at least 4 members (excludes halogenated alkanes) is 1. The van der Waals surface area contributed by atoms with E-state index in [-0.39, 0.29) is 0 Å². The average Bonchev–Trinajstić information content (AvgIpc) is 2.45. The second-order valence-electron chi connectivity index (χ2n) is 5.38. The summed E-state index contributed by atoms with van der Waals surface area (Å²) in [5.74, 6) is 0.993. The van der Waals surface area contributed by atoms with Crippen LogP contribution in [0.4, 0.5) is 0 Å². The Morgan fingerprint density at radius 2 is 1.47 bits per heavy atom. The number of hydrogen-bond acceptors (Lipinski definition) is 1.